The van der Waals surface area contributed by atoms with Gasteiger partial charge in [0, 0.05) is 0 Å². The van der Waals surface area contributed by atoms with Gasteiger partial charge in [-0.05, 0) is 13.8 Å². The van der Waals surface area contributed by atoms with E-state index in [4.69, 9.17) is 0 Å². The molecule has 2 N–H and O–H groups in total. The van der Waals surface area contributed by atoms with E-state index >= 15 is 0 Å². The van der Waals surface area contributed by atoms with E-state index in [1.54, 1.807) is 13.8 Å². The van der Waals surface area contributed by atoms with Crippen molar-refractivity contribution in [2.24, 2.45) is 0 Å². The summed E-state index contributed by atoms with van der Waals surface area (Å²) < 4.78 is 23.8. The predicted octanol–water partition coefficient (Wildman–Crippen LogP) is 0.582. The summed E-state index contributed by atoms with van der Waals surface area (Å²) in [5.74, 6) is 1.12. The molecule has 7 heteroatoms. The van der Waals surface area contributed by atoms with E-state index in [2.05, 4.69) is 19.9 Å². The summed E-state index contributed by atoms with van der Waals surface area (Å²) in [6, 6.07) is 0. The van der Waals surface area contributed by atoms with Crippen LogP contribution in [0.5, 0.6) is 0 Å². The van der Waals surface area contributed by atoms with Crippen LogP contribution < -0.4 is 0 Å². The highest BCUT2D eigenvalue weighted by Crippen LogP contribution is 2.16. The minimum Gasteiger partial charge on any atom is -0.333 e. The molecular weight excluding hydrogens is 216 g/mol. The van der Waals surface area contributed by atoms with Crippen molar-refractivity contribution in [3.05, 3.63) is 24.0 Å². The van der Waals surface area contributed by atoms with Crippen LogP contribution in [0.4, 0.5) is 0 Å². The molecule has 2 rings (SSSR count). The molecule has 0 atom stereocenters. The minimum absolute atomic E-state index is 0.0728. The Morgan fingerprint density at radius 3 is 1.67 bits per heavy atom. The van der Waals surface area contributed by atoms with Crippen LogP contribution in [0.3, 0.4) is 0 Å². The van der Waals surface area contributed by atoms with Crippen LogP contribution >= 0.6 is 0 Å². The molecule has 0 aliphatic carbocycles. The van der Waals surface area contributed by atoms with Crippen molar-refractivity contribution < 1.29 is 8.42 Å². The standard InChI is InChI=1S/C8H10N4O2S/c1-5-9-3-7(11-5)15(13,14)8-4-10-6(2)12-8/h3-4H,1-2H3,(H,9,11)(H,10,12). The monoisotopic (exact) mass is 226 g/mol. The maximum atomic E-state index is 11.9. The summed E-state index contributed by atoms with van der Waals surface area (Å²) in [4.78, 5) is 13.0. The van der Waals surface area contributed by atoms with Gasteiger partial charge in [-0.25, -0.2) is 18.4 Å². The van der Waals surface area contributed by atoms with Crippen molar-refractivity contribution in [2.75, 3.05) is 0 Å². The normalized spacial score (nSPS) is 11.9. The summed E-state index contributed by atoms with van der Waals surface area (Å²) in [6.07, 6.45) is 2.58. The third-order valence-corrected chi connectivity index (χ3v) is 3.51. The quantitative estimate of drug-likeness (QED) is 0.783. The smallest absolute Gasteiger partial charge is 0.240 e. The Hall–Kier alpha value is -1.63. The zero-order valence-corrected chi connectivity index (χ0v) is 9.09. The van der Waals surface area contributed by atoms with Gasteiger partial charge in [-0.15, -0.1) is 0 Å². The van der Waals surface area contributed by atoms with E-state index in [1.165, 1.54) is 12.4 Å². The van der Waals surface area contributed by atoms with Gasteiger partial charge in [0.15, 0.2) is 10.1 Å². The average Bonchev–Trinajstić information content (AvgIpc) is 2.74. The van der Waals surface area contributed by atoms with Crippen LogP contribution in [0.1, 0.15) is 11.6 Å². The SMILES string of the molecule is Cc1ncc(S(=O)(=O)c2cnc(C)[nH]2)[nH]1. The lowest BCUT2D eigenvalue weighted by Gasteiger charge is -1.96. The lowest BCUT2D eigenvalue weighted by atomic mass is 10.8. The number of rotatable bonds is 2. The van der Waals surface area contributed by atoms with Crippen molar-refractivity contribution in [1.82, 2.24) is 19.9 Å². The molecule has 80 valence electrons. The van der Waals surface area contributed by atoms with Crippen molar-refractivity contribution in [2.45, 2.75) is 23.9 Å². The van der Waals surface area contributed by atoms with Gasteiger partial charge in [0.2, 0.25) is 9.84 Å². The fraction of sp³-hybridized carbons (Fsp3) is 0.250. The molecular formula is C8H10N4O2S. The topological polar surface area (TPSA) is 91.5 Å². The first-order chi connectivity index (χ1) is 7.00. The van der Waals surface area contributed by atoms with E-state index in [0.717, 1.165) is 0 Å². The maximum Gasteiger partial charge on any atom is 0.240 e. The highest BCUT2D eigenvalue weighted by atomic mass is 32.2. The number of nitrogens with zero attached hydrogens (tertiary/aromatic N) is 2. The van der Waals surface area contributed by atoms with Gasteiger partial charge in [-0.3, -0.25) is 0 Å². The van der Waals surface area contributed by atoms with Crippen LogP contribution in [-0.2, 0) is 9.84 Å². The number of imidazole rings is 2. The largest absolute Gasteiger partial charge is 0.333 e. The molecule has 0 aliphatic rings. The number of aromatic nitrogens is 4. The maximum absolute atomic E-state index is 11.9. The summed E-state index contributed by atoms with van der Waals surface area (Å²) in [7, 11) is -3.53. The first kappa shape index (κ1) is 9.91. The molecule has 0 aromatic carbocycles. The van der Waals surface area contributed by atoms with E-state index < -0.39 is 9.84 Å². The van der Waals surface area contributed by atoms with Crippen LogP contribution in [0.2, 0.25) is 0 Å². The second-order valence-electron chi connectivity index (χ2n) is 3.17. The van der Waals surface area contributed by atoms with Crippen molar-refractivity contribution in [1.29, 1.82) is 0 Å². The molecule has 0 bridgehead atoms. The second kappa shape index (κ2) is 3.20. The average molecular weight is 226 g/mol. The first-order valence-corrected chi connectivity index (χ1v) is 5.77. The first-order valence-electron chi connectivity index (χ1n) is 4.28. The number of nitrogens with one attached hydrogen (secondary N) is 2. The number of hydrogen-bond acceptors (Lipinski definition) is 4. The van der Waals surface area contributed by atoms with Gasteiger partial charge >= 0.3 is 0 Å². The summed E-state index contributed by atoms with van der Waals surface area (Å²) in [6.45, 7) is 3.38. The molecule has 2 aromatic heterocycles. The number of H-pyrrole nitrogens is 2. The Balaban J connectivity index is 2.53. The number of aromatic amines is 2. The number of aryl methyl sites for hydroxylation is 2. The molecule has 2 aromatic rings. The lowest BCUT2D eigenvalue weighted by molar-refractivity contribution is 0.589. The van der Waals surface area contributed by atoms with E-state index in [1.807, 2.05) is 0 Å². The highest BCUT2D eigenvalue weighted by molar-refractivity contribution is 7.91. The molecule has 0 saturated carbocycles. The summed E-state index contributed by atoms with van der Waals surface area (Å²) in [5.41, 5.74) is 0. The van der Waals surface area contributed by atoms with Gasteiger partial charge < -0.3 is 9.97 Å². The van der Waals surface area contributed by atoms with E-state index in [-0.39, 0.29) is 10.1 Å². The molecule has 0 fully saturated rings. The van der Waals surface area contributed by atoms with Gasteiger partial charge in [-0.2, -0.15) is 0 Å². The molecule has 0 radical (unpaired) electrons. The number of sulfone groups is 1. The zero-order chi connectivity index (χ0) is 11.1. The molecule has 0 unspecified atom stereocenters. The van der Waals surface area contributed by atoms with E-state index in [0.29, 0.717) is 11.6 Å². The Morgan fingerprint density at radius 1 is 1.00 bits per heavy atom. The Morgan fingerprint density at radius 2 is 1.40 bits per heavy atom. The zero-order valence-electron chi connectivity index (χ0n) is 8.27. The van der Waals surface area contributed by atoms with E-state index in [9.17, 15) is 8.42 Å². The molecule has 15 heavy (non-hydrogen) atoms. The van der Waals surface area contributed by atoms with Crippen molar-refractivity contribution >= 4 is 9.84 Å². The van der Waals surface area contributed by atoms with Crippen LogP contribution in [0.15, 0.2) is 22.4 Å². The summed E-state index contributed by atoms with van der Waals surface area (Å²) in [5, 5.41) is 0.146. The molecule has 0 spiro atoms. The van der Waals surface area contributed by atoms with Crippen LogP contribution in [0.25, 0.3) is 0 Å². The molecule has 0 amide bonds. The second-order valence-corrected chi connectivity index (χ2v) is 5.06. The number of hydrogen-bond donors (Lipinski definition) is 2. The molecule has 0 saturated heterocycles. The molecule has 6 nitrogen and oxygen atoms in total. The fourth-order valence-electron chi connectivity index (χ4n) is 1.19. The summed E-state index contributed by atoms with van der Waals surface area (Å²) >= 11 is 0. The van der Waals surface area contributed by atoms with Crippen LogP contribution in [-0.4, -0.2) is 28.4 Å². The lowest BCUT2D eigenvalue weighted by Crippen LogP contribution is -2.02. The molecule has 0 aliphatic heterocycles. The highest BCUT2D eigenvalue weighted by Gasteiger charge is 2.21. The Labute approximate surface area is 86.7 Å². The van der Waals surface area contributed by atoms with Gasteiger partial charge in [0.05, 0.1) is 12.4 Å². The van der Waals surface area contributed by atoms with Crippen molar-refractivity contribution in [3.63, 3.8) is 0 Å². The third kappa shape index (κ3) is 1.65. The minimum atomic E-state index is -3.53. The predicted molar refractivity (Wildman–Crippen MR) is 52.1 cm³/mol. The van der Waals surface area contributed by atoms with Gasteiger partial charge in [-0.1, -0.05) is 0 Å². The Kier molecular flexibility index (Phi) is 2.11. The Bertz CT molecular complexity index is 535. The third-order valence-electron chi connectivity index (χ3n) is 1.94. The van der Waals surface area contributed by atoms with Crippen LogP contribution in [0, 0.1) is 13.8 Å². The molecule has 2 heterocycles. The van der Waals surface area contributed by atoms with Gasteiger partial charge in [0.1, 0.15) is 11.6 Å². The fourth-order valence-corrected chi connectivity index (χ4v) is 2.37. The van der Waals surface area contributed by atoms with Gasteiger partial charge in [0.25, 0.3) is 0 Å². The van der Waals surface area contributed by atoms with Crippen molar-refractivity contribution in [3.8, 4) is 0 Å².